The third-order valence-electron chi connectivity index (χ3n) is 0.660. The molecule has 0 aliphatic carbocycles. The summed E-state index contributed by atoms with van der Waals surface area (Å²) in [7, 11) is 0. The number of allylic oxidation sites excluding steroid dienone is 1. The molecule has 0 saturated heterocycles. The minimum absolute atomic E-state index is 0. The van der Waals surface area contributed by atoms with E-state index in [1.54, 1.807) is 19.9 Å². The van der Waals surface area contributed by atoms with E-state index < -0.39 is 0 Å². The summed E-state index contributed by atoms with van der Waals surface area (Å²) in [5.74, 6) is -0.381. The molecule has 2 nitrogen and oxygen atoms in total. The summed E-state index contributed by atoms with van der Waals surface area (Å²) in [6.45, 7) is 6.77. The van der Waals surface area contributed by atoms with E-state index in [1.807, 2.05) is 0 Å². The van der Waals surface area contributed by atoms with Gasteiger partial charge in [0, 0.05) is 5.57 Å². The minimum atomic E-state index is -0.381. The van der Waals surface area contributed by atoms with Crippen molar-refractivity contribution in [1.82, 2.24) is 0 Å². The predicted octanol–water partition coefficient (Wildman–Crippen LogP) is 0.723. The van der Waals surface area contributed by atoms with Crippen LogP contribution in [0.1, 0.15) is 13.8 Å². The summed E-state index contributed by atoms with van der Waals surface area (Å²) in [5, 5.41) is 0. The van der Waals surface area contributed by atoms with E-state index in [2.05, 4.69) is 11.3 Å². The molecule has 0 aromatic carbocycles. The Hall–Kier alpha value is -0.284. The summed E-state index contributed by atoms with van der Waals surface area (Å²) < 4.78 is 4.53. The highest BCUT2D eigenvalue weighted by atomic mass is 24.3. The van der Waals surface area contributed by atoms with Crippen LogP contribution in [0.25, 0.3) is 0 Å². The van der Waals surface area contributed by atoms with Crippen LogP contribution >= 0.6 is 0 Å². The van der Waals surface area contributed by atoms with E-state index in [1.165, 1.54) is 6.26 Å². The molecular weight excluding hydrogens is 140 g/mol. The van der Waals surface area contributed by atoms with E-state index in [4.69, 9.17) is 0 Å². The lowest BCUT2D eigenvalue weighted by Gasteiger charge is -1.93. The molecule has 0 aliphatic rings. The van der Waals surface area contributed by atoms with Crippen molar-refractivity contribution < 1.29 is 9.53 Å². The lowest BCUT2D eigenvalue weighted by molar-refractivity contribution is -0.133. The first kappa shape index (κ1) is 12.4. The second-order valence-corrected chi connectivity index (χ2v) is 1.66. The van der Waals surface area contributed by atoms with Gasteiger partial charge in [-0.1, -0.05) is 12.7 Å². The number of ether oxygens (including phenoxy) is 1. The van der Waals surface area contributed by atoms with E-state index in [0.29, 0.717) is 5.57 Å². The zero-order valence-corrected chi connectivity index (χ0v) is 5.68. The molecule has 0 aromatic heterocycles. The molecule has 0 amide bonds. The van der Waals surface area contributed by atoms with Crippen LogP contribution in [0.15, 0.2) is 24.5 Å². The van der Waals surface area contributed by atoms with Gasteiger partial charge in [-0.25, -0.2) is 4.79 Å². The molecule has 0 atom stereocenters. The van der Waals surface area contributed by atoms with Crippen LogP contribution < -0.4 is 0 Å². The number of carbonyl (C=O) groups is 1. The second kappa shape index (κ2) is 6.83. The molecule has 0 rings (SSSR count). The molecule has 0 radical (unpaired) electrons. The predicted molar refractivity (Wildman–Crippen MR) is 44.3 cm³/mol. The highest BCUT2D eigenvalue weighted by Gasteiger charge is 1.97. The van der Waals surface area contributed by atoms with Crippen molar-refractivity contribution >= 4 is 29.0 Å². The standard InChI is InChI=1S/C7H10O2.Mg.2H/c1-4-5-9-7(8)6(2)3;;;/h4-5H,2H2,1,3H3;;;. The van der Waals surface area contributed by atoms with Crippen LogP contribution in [0.5, 0.6) is 0 Å². The first-order chi connectivity index (χ1) is 4.18. The molecule has 0 spiro atoms. The molecule has 0 bridgehead atoms. The van der Waals surface area contributed by atoms with Gasteiger partial charge in [-0.05, 0) is 13.8 Å². The zero-order chi connectivity index (χ0) is 7.28. The maximum absolute atomic E-state index is 10.5. The summed E-state index contributed by atoms with van der Waals surface area (Å²) in [4.78, 5) is 10.5. The van der Waals surface area contributed by atoms with Gasteiger partial charge < -0.3 is 4.74 Å². The van der Waals surface area contributed by atoms with Crippen LogP contribution in [-0.2, 0) is 9.53 Å². The SMILES string of the molecule is C=C(C)C(=O)OC=CC.[MgH2]. The lowest BCUT2D eigenvalue weighted by atomic mass is 10.4. The van der Waals surface area contributed by atoms with Crippen molar-refractivity contribution in [2.45, 2.75) is 13.8 Å². The molecule has 0 unspecified atom stereocenters. The number of hydrogen-bond donors (Lipinski definition) is 0. The first-order valence-electron chi connectivity index (χ1n) is 2.66. The summed E-state index contributed by atoms with van der Waals surface area (Å²) in [6, 6.07) is 0. The maximum Gasteiger partial charge on any atom is 0.337 e. The Labute approximate surface area is 77.1 Å². The number of hydrogen-bond acceptors (Lipinski definition) is 2. The van der Waals surface area contributed by atoms with E-state index in [0.717, 1.165) is 0 Å². The zero-order valence-electron chi connectivity index (χ0n) is 5.68. The van der Waals surface area contributed by atoms with Crippen molar-refractivity contribution in [2.24, 2.45) is 0 Å². The maximum atomic E-state index is 10.5. The molecule has 54 valence electrons. The summed E-state index contributed by atoms with van der Waals surface area (Å²) in [5.41, 5.74) is 0.410. The fourth-order valence-electron chi connectivity index (χ4n) is 0.230. The van der Waals surface area contributed by atoms with Gasteiger partial charge in [0.05, 0.1) is 6.26 Å². The van der Waals surface area contributed by atoms with E-state index >= 15 is 0 Å². The average molecular weight is 152 g/mol. The van der Waals surface area contributed by atoms with Gasteiger partial charge in [0.1, 0.15) is 0 Å². The van der Waals surface area contributed by atoms with Crippen molar-refractivity contribution in [3.8, 4) is 0 Å². The average Bonchev–Trinajstić information content (AvgIpc) is 1.82. The molecule has 0 aliphatic heterocycles. The molecule has 0 N–H and O–H groups in total. The Morgan fingerprint density at radius 1 is 1.60 bits per heavy atom. The van der Waals surface area contributed by atoms with Gasteiger partial charge in [-0.3, -0.25) is 0 Å². The fourth-order valence-corrected chi connectivity index (χ4v) is 0.230. The van der Waals surface area contributed by atoms with Gasteiger partial charge >= 0.3 is 29.0 Å². The largest absolute Gasteiger partial charge is 0.432 e. The smallest absolute Gasteiger partial charge is 0.337 e. The minimum Gasteiger partial charge on any atom is -0.432 e. The number of esters is 1. The first-order valence-corrected chi connectivity index (χ1v) is 2.66. The van der Waals surface area contributed by atoms with Crippen LogP contribution in [0, 0.1) is 0 Å². The third kappa shape index (κ3) is 5.85. The van der Waals surface area contributed by atoms with E-state index in [-0.39, 0.29) is 29.0 Å². The van der Waals surface area contributed by atoms with Crippen LogP contribution in [0.3, 0.4) is 0 Å². The van der Waals surface area contributed by atoms with Gasteiger partial charge in [-0.2, -0.15) is 0 Å². The Morgan fingerprint density at radius 2 is 2.10 bits per heavy atom. The molecule has 0 aromatic rings. The molecular formula is C7H12MgO2. The lowest BCUT2D eigenvalue weighted by Crippen LogP contribution is -1.98. The van der Waals surface area contributed by atoms with Gasteiger partial charge in [-0.15, -0.1) is 0 Å². The molecule has 3 heteroatoms. The Bertz CT molecular complexity index is 150. The monoisotopic (exact) mass is 152 g/mol. The summed E-state index contributed by atoms with van der Waals surface area (Å²) in [6.07, 6.45) is 2.97. The second-order valence-electron chi connectivity index (χ2n) is 1.66. The van der Waals surface area contributed by atoms with Crippen molar-refractivity contribution in [2.75, 3.05) is 0 Å². The Balaban J connectivity index is 0. The Morgan fingerprint density at radius 3 is 2.40 bits per heavy atom. The quantitative estimate of drug-likeness (QED) is 0.252. The molecule has 10 heavy (non-hydrogen) atoms. The molecule has 0 fully saturated rings. The van der Waals surface area contributed by atoms with Crippen molar-refractivity contribution in [3.05, 3.63) is 24.5 Å². The highest BCUT2D eigenvalue weighted by Crippen LogP contribution is 1.91. The van der Waals surface area contributed by atoms with Crippen LogP contribution in [0.4, 0.5) is 0 Å². The normalized spacial score (nSPS) is 8.60. The van der Waals surface area contributed by atoms with Crippen LogP contribution in [0.2, 0.25) is 0 Å². The Kier molecular flexibility index (Phi) is 8.47. The fraction of sp³-hybridized carbons (Fsp3) is 0.286. The molecule has 0 saturated carbocycles. The third-order valence-corrected chi connectivity index (χ3v) is 0.660. The topological polar surface area (TPSA) is 26.3 Å². The molecule has 0 heterocycles. The van der Waals surface area contributed by atoms with E-state index in [9.17, 15) is 4.79 Å². The van der Waals surface area contributed by atoms with Gasteiger partial charge in [0.2, 0.25) is 0 Å². The van der Waals surface area contributed by atoms with Crippen LogP contribution in [-0.4, -0.2) is 29.0 Å². The van der Waals surface area contributed by atoms with Crippen molar-refractivity contribution in [3.63, 3.8) is 0 Å². The van der Waals surface area contributed by atoms with Gasteiger partial charge in [0.25, 0.3) is 0 Å². The van der Waals surface area contributed by atoms with Gasteiger partial charge in [0.15, 0.2) is 0 Å². The number of carbonyl (C=O) groups excluding carboxylic acids is 1. The summed E-state index contributed by atoms with van der Waals surface area (Å²) >= 11 is 0. The van der Waals surface area contributed by atoms with Crippen molar-refractivity contribution in [1.29, 1.82) is 0 Å². The number of rotatable bonds is 2. The highest BCUT2D eigenvalue weighted by molar-refractivity contribution is 5.87.